The Morgan fingerprint density at radius 3 is 3.06 bits per heavy atom. The van der Waals surface area contributed by atoms with Crippen LogP contribution < -0.4 is 0 Å². The number of imidazole rings is 1. The first kappa shape index (κ1) is 12.2. The predicted molar refractivity (Wildman–Crippen MR) is 68.8 cm³/mol. The third-order valence-electron chi connectivity index (χ3n) is 2.97. The molecule has 3 atom stereocenters. The first-order chi connectivity index (χ1) is 8.69. The van der Waals surface area contributed by atoms with Gasteiger partial charge in [0, 0.05) is 35.2 Å². The standard InChI is InChI=1S/C10H11IN4O3/c11-10-14-9-5(12-4-13-9)2-15(10)8-1-6(17)7(3-16)18-8/h2,4,6-8,16-17H,1,3H2/t6-,7+,8?/m0/s1. The van der Waals surface area contributed by atoms with Crippen LogP contribution in [0.2, 0.25) is 0 Å². The van der Waals surface area contributed by atoms with Crippen LogP contribution in [0.15, 0.2) is 12.5 Å². The number of hydrogen-bond acceptors (Lipinski definition) is 6. The summed E-state index contributed by atoms with van der Waals surface area (Å²) in [5.41, 5.74) is 0.681. The van der Waals surface area contributed by atoms with Crippen LogP contribution in [0, 0.1) is 3.83 Å². The van der Waals surface area contributed by atoms with Gasteiger partial charge in [0.05, 0.1) is 12.7 Å². The van der Waals surface area contributed by atoms with Gasteiger partial charge in [0.1, 0.15) is 24.4 Å². The second-order valence-corrected chi connectivity index (χ2v) is 5.08. The Morgan fingerprint density at radius 2 is 2.33 bits per heavy atom. The Hall–Kier alpha value is -0.840. The van der Waals surface area contributed by atoms with E-state index in [0.717, 1.165) is 0 Å². The molecule has 2 N–H and O–H groups in total. The quantitative estimate of drug-likeness (QED) is 0.578. The molecule has 3 aliphatic heterocycles. The summed E-state index contributed by atoms with van der Waals surface area (Å²) < 4.78 is 8.09. The number of rotatable bonds is 2. The Balaban J connectivity index is 1.95. The highest BCUT2D eigenvalue weighted by atomic mass is 127. The molecule has 0 amide bonds. The van der Waals surface area contributed by atoms with Crippen molar-refractivity contribution < 1.29 is 14.9 Å². The molecule has 18 heavy (non-hydrogen) atoms. The van der Waals surface area contributed by atoms with Crippen molar-refractivity contribution in [1.82, 2.24) is 19.5 Å². The van der Waals surface area contributed by atoms with Gasteiger partial charge >= 0.3 is 0 Å². The van der Waals surface area contributed by atoms with E-state index in [-0.39, 0.29) is 12.8 Å². The Labute approximate surface area is 116 Å². The van der Waals surface area contributed by atoms with Crippen LogP contribution in [-0.2, 0) is 4.74 Å². The van der Waals surface area contributed by atoms with Crippen LogP contribution in [0.4, 0.5) is 0 Å². The predicted octanol–water partition coefficient (Wildman–Crippen LogP) is 0.0232. The molecule has 0 aromatic heterocycles. The second kappa shape index (κ2) is 4.68. The first-order valence-electron chi connectivity index (χ1n) is 5.48. The Morgan fingerprint density at radius 1 is 1.50 bits per heavy atom. The van der Waals surface area contributed by atoms with Crippen molar-refractivity contribution in [2.75, 3.05) is 6.61 Å². The third-order valence-corrected chi connectivity index (χ3v) is 3.77. The van der Waals surface area contributed by atoms with E-state index >= 15 is 0 Å². The summed E-state index contributed by atoms with van der Waals surface area (Å²) in [5, 5.41) is 18.8. The highest BCUT2D eigenvalue weighted by Gasteiger charge is 2.35. The molecule has 1 fully saturated rings. The molecule has 8 heteroatoms. The van der Waals surface area contributed by atoms with E-state index in [4.69, 9.17) is 9.84 Å². The molecule has 3 aliphatic rings. The summed E-state index contributed by atoms with van der Waals surface area (Å²) in [5.74, 6) is 0.591. The zero-order chi connectivity index (χ0) is 12.7. The number of ether oxygens (including phenoxy) is 1. The third kappa shape index (κ3) is 1.98. The Kier molecular flexibility index (Phi) is 3.18. The van der Waals surface area contributed by atoms with Gasteiger partial charge in [0.15, 0.2) is 9.66 Å². The zero-order valence-corrected chi connectivity index (χ0v) is 11.4. The van der Waals surface area contributed by atoms with Crippen molar-refractivity contribution in [3.63, 3.8) is 0 Å². The molecule has 0 aliphatic carbocycles. The van der Waals surface area contributed by atoms with Gasteiger partial charge < -0.3 is 14.9 Å². The van der Waals surface area contributed by atoms with Gasteiger partial charge in [-0.05, 0) is 0 Å². The lowest BCUT2D eigenvalue weighted by Gasteiger charge is -2.17. The number of aliphatic hydroxyl groups is 2. The van der Waals surface area contributed by atoms with Gasteiger partial charge in [-0.15, -0.1) is 0 Å². The molecule has 1 saturated heterocycles. The molecule has 1 unspecified atom stereocenters. The summed E-state index contributed by atoms with van der Waals surface area (Å²) in [6.07, 6.45) is 2.14. The maximum Gasteiger partial charge on any atom is 0.183 e. The van der Waals surface area contributed by atoms with E-state index in [1.807, 2.05) is 0 Å². The first-order valence-corrected chi connectivity index (χ1v) is 6.56. The van der Waals surface area contributed by atoms with Crippen LogP contribution in [0.3, 0.4) is 0 Å². The molecule has 0 saturated carbocycles. The average Bonchev–Trinajstić information content (AvgIpc) is 2.93. The molecule has 0 aromatic rings. The van der Waals surface area contributed by atoms with Gasteiger partial charge in [0.25, 0.3) is 0 Å². The SMILES string of the molecule is OC[C@H]1OC(n2cc3ncnc-3nc2I)C[C@@H]1O. The molecular weight excluding hydrogens is 351 g/mol. The minimum Gasteiger partial charge on any atom is -0.394 e. The van der Waals surface area contributed by atoms with Crippen LogP contribution in [0.5, 0.6) is 0 Å². The number of nitrogens with zero attached hydrogens (tertiary/aromatic N) is 4. The van der Waals surface area contributed by atoms with Crippen LogP contribution >= 0.6 is 22.6 Å². The van der Waals surface area contributed by atoms with Gasteiger partial charge in [-0.25, -0.2) is 15.0 Å². The highest BCUT2D eigenvalue weighted by molar-refractivity contribution is 14.1. The molecule has 7 nitrogen and oxygen atoms in total. The van der Waals surface area contributed by atoms with E-state index < -0.39 is 12.2 Å². The summed E-state index contributed by atoms with van der Waals surface area (Å²) in [7, 11) is 0. The lowest BCUT2D eigenvalue weighted by atomic mass is 10.2. The van der Waals surface area contributed by atoms with E-state index in [0.29, 0.717) is 21.8 Å². The molecule has 0 aromatic carbocycles. The number of aliphatic hydroxyl groups excluding tert-OH is 2. The van der Waals surface area contributed by atoms with Crippen molar-refractivity contribution in [2.24, 2.45) is 0 Å². The average molecular weight is 362 g/mol. The lowest BCUT2D eigenvalue weighted by molar-refractivity contribution is -0.0456. The van der Waals surface area contributed by atoms with Gasteiger partial charge in [0.2, 0.25) is 0 Å². The summed E-state index contributed by atoms with van der Waals surface area (Å²) >= 11 is 2.08. The topological polar surface area (TPSA) is 93.3 Å². The van der Waals surface area contributed by atoms with E-state index in [9.17, 15) is 5.11 Å². The van der Waals surface area contributed by atoms with Crippen molar-refractivity contribution >= 4 is 22.6 Å². The molecule has 0 bridgehead atoms. The van der Waals surface area contributed by atoms with Crippen LogP contribution in [-0.4, -0.2) is 48.5 Å². The molecule has 96 valence electrons. The fourth-order valence-electron chi connectivity index (χ4n) is 2.03. The molecular formula is C10H11IN4O3. The van der Waals surface area contributed by atoms with E-state index in [1.165, 1.54) is 6.33 Å². The number of aromatic nitrogens is 4. The molecule has 0 radical (unpaired) electrons. The van der Waals surface area contributed by atoms with Gasteiger partial charge in [-0.2, -0.15) is 0 Å². The van der Waals surface area contributed by atoms with Gasteiger partial charge in [-0.1, -0.05) is 0 Å². The van der Waals surface area contributed by atoms with Gasteiger partial charge in [-0.3, -0.25) is 4.57 Å². The molecule has 0 spiro atoms. The zero-order valence-electron chi connectivity index (χ0n) is 9.27. The lowest BCUT2D eigenvalue weighted by Crippen LogP contribution is -2.24. The van der Waals surface area contributed by atoms with Crippen molar-refractivity contribution in [3.8, 4) is 11.5 Å². The maximum atomic E-state index is 9.74. The maximum absolute atomic E-state index is 9.74. The second-order valence-electron chi connectivity index (χ2n) is 4.11. The number of hydrogen-bond donors (Lipinski definition) is 2. The van der Waals surface area contributed by atoms with E-state index in [2.05, 4.69) is 37.5 Å². The fraction of sp³-hybridized carbons (Fsp3) is 0.500. The largest absolute Gasteiger partial charge is 0.394 e. The fourth-order valence-corrected chi connectivity index (χ4v) is 2.71. The highest BCUT2D eigenvalue weighted by Crippen LogP contribution is 2.31. The number of halogens is 1. The minimum absolute atomic E-state index is 0.194. The van der Waals surface area contributed by atoms with Crippen molar-refractivity contribution in [2.45, 2.75) is 24.9 Å². The van der Waals surface area contributed by atoms with Crippen LogP contribution in [0.25, 0.3) is 11.5 Å². The molecule has 3 heterocycles. The Bertz CT molecular complexity index is 534. The van der Waals surface area contributed by atoms with E-state index in [1.54, 1.807) is 10.8 Å². The summed E-state index contributed by atoms with van der Waals surface area (Å²) in [4.78, 5) is 12.4. The molecule has 3 rings (SSSR count). The smallest absolute Gasteiger partial charge is 0.183 e. The van der Waals surface area contributed by atoms with Crippen molar-refractivity contribution in [1.29, 1.82) is 0 Å². The summed E-state index contributed by atoms with van der Waals surface area (Å²) in [6.45, 7) is -0.194. The minimum atomic E-state index is -0.662. The summed E-state index contributed by atoms with van der Waals surface area (Å²) in [6, 6.07) is 0. The van der Waals surface area contributed by atoms with Crippen molar-refractivity contribution in [3.05, 3.63) is 16.4 Å². The number of fused-ring (bicyclic) bond motifs is 1. The monoisotopic (exact) mass is 362 g/mol. The van der Waals surface area contributed by atoms with Crippen LogP contribution in [0.1, 0.15) is 12.6 Å². The normalized spacial score (nSPS) is 28.1.